The lowest BCUT2D eigenvalue weighted by Gasteiger charge is -2.28. The highest BCUT2D eigenvalue weighted by atomic mass is 127. The van der Waals surface area contributed by atoms with Crippen LogP contribution in [-0.2, 0) is 9.53 Å². The second-order valence-electron chi connectivity index (χ2n) is 8.53. The molecule has 0 bridgehead atoms. The molecule has 0 radical (unpaired) electrons. The maximum Gasteiger partial charge on any atom is 0.407 e. The Morgan fingerprint density at radius 3 is 2.56 bits per heavy atom. The molecule has 9 nitrogen and oxygen atoms in total. The molecule has 0 aliphatic carbocycles. The summed E-state index contributed by atoms with van der Waals surface area (Å²) in [7, 11) is 3.41. The van der Waals surface area contributed by atoms with Crippen molar-refractivity contribution in [2.24, 2.45) is 4.99 Å². The summed E-state index contributed by atoms with van der Waals surface area (Å²) in [5.74, 6) is 1.32. The van der Waals surface area contributed by atoms with E-state index < -0.39 is 11.7 Å². The van der Waals surface area contributed by atoms with Crippen LogP contribution < -0.4 is 20.7 Å². The van der Waals surface area contributed by atoms with Crippen LogP contribution in [0.2, 0.25) is 0 Å². The van der Waals surface area contributed by atoms with Crippen LogP contribution in [0.1, 0.15) is 45.2 Å². The molecule has 32 heavy (non-hydrogen) atoms. The van der Waals surface area contributed by atoms with Gasteiger partial charge in [0.2, 0.25) is 5.91 Å². The lowest BCUT2D eigenvalue weighted by atomic mass is 10.0. The first-order chi connectivity index (χ1) is 14.7. The molecule has 1 atom stereocenters. The number of hydrogen-bond donors (Lipinski definition) is 3. The molecule has 1 unspecified atom stereocenters. The molecule has 1 aromatic carbocycles. The number of carbonyl (C=O) groups is 2. The van der Waals surface area contributed by atoms with Crippen molar-refractivity contribution in [1.29, 1.82) is 0 Å². The minimum atomic E-state index is -0.523. The van der Waals surface area contributed by atoms with E-state index in [4.69, 9.17) is 9.47 Å². The lowest BCUT2D eigenvalue weighted by Crippen LogP contribution is -2.43. The quantitative estimate of drug-likeness (QED) is 0.205. The monoisotopic (exact) mass is 561 g/mol. The highest BCUT2D eigenvalue weighted by molar-refractivity contribution is 14.0. The molecule has 1 aromatic rings. The van der Waals surface area contributed by atoms with E-state index >= 15 is 0 Å². The summed E-state index contributed by atoms with van der Waals surface area (Å²) in [5, 5.41) is 9.40. The molecule has 180 valence electrons. The number of para-hydroxylation sites is 1. The maximum atomic E-state index is 12.0. The SMILES string of the molecule is CN(C)C(=O)CN=C(NCCCNC(=O)OC(C)(C)C)NC1CCOc2ccccc21.I. The van der Waals surface area contributed by atoms with Crippen molar-refractivity contribution < 1.29 is 19.1 Å². The second kappa shape index (κ2) is 13.3. The van der Waals surface area contributed by atoms with Crippen molar-refractivity contribution in [2.45, 2.75) is 45.3 Å². The molecule has 1 heterocycles. The molecule has 0 spiro atoms. The lowest BCUT2D eigenvalue weighted by molar-refractivity contribution is -0.127. The smallest absolute Gasteiger partial charge is 0.407 e. The number of nitrogens with one attached hydrogen (secondary N) is 3. The molecule has 2 rings (SSSR count). The van der Waals surface area contributed by atoms with Gasteiger partial charge in [0.25, 0.3) is 0 Å². The van der Waals surface area contributed by atoms with Crippen LogP contribution in [0.5, 0.6) is 5.75 Å². The maximum absolute atomic E-state index is 12.0. The molecular formula is C22H36IN5O4. The number of rotatable bonds is 7. The Labute approximate surface area is 207 Å². The Bertz CT molecular complexity index is 780. The third kappa shape index (κ3) is 9.92. The van der Waals surface area contributed by atoms with E-state index in [1.807, 2.05) is 45.0 Å². The van der Waals surface area contributed by atoms with Gasteiger partial charge in [0.1, 0.15) is 17.9 Å². The molecule has 1 aliphatic heterocycles. The van der Waals surface area contributed by atoms with Gasteiger partial charge in [-0.2, -0.15) is 0 Å². The first-order valence-electron chi connectivity index (χ1n) is 10.6. The number of fused-ring (bicyclic) bond motifs is 1. The van der Waals surface area contributed by atoms with Gasteiger partial charge in [-0.25, -0.2) is 9.79 Å². The highest BCUT2D eigenvalue weighted by Crippen LogP contribution is 2.31. The third-order valence-corrected chi connectivity index (χ3v) is 4.45. The normalized spacial score (nSPS) is 15.4. The summed E-state index contributed by atoms with van der Waals surface area (Å²) in [6, 6.07) is 7.93. The number of nitrogens with zero attached hydrogens (tertiary/aromatic N) is 2. The zero-order valence-corrected chi connectivity index (χ0v) is 21.9. The second-order valence-corrected chi connectivity index (χ2v) is 8.53. The third-order valence-electron chi connectivity index (χ3n) is 4.45. The van der Waals surface area contributed by atoms with Crippen molar-refractivity contribution >= 4 is 41.9 Å². The summed E-state index contributed by atoms with van der Waals surface area (Å²) >= 11 is 0. The van der Waals surface area contributed by atoms with Crippen molar-refractivity contribution in [3.8, 4) is 5.75 Å². The van der Waals surface area contributed by atoms with Crippen LogP contribution in [0.25, 0.3) is 0 Å². The first-order valence-corrected chi connectivity index (χ1v) is 10.6. The van der Waals surface area contributed by atoms with E-state index in [0.717, 1.165) is 17.7 Å². The highest BCUT2D eigenvalue weighted by Gasteiger charge is 2.22. The number of likely N-dealkylation sites (N-methyl/N-ethyl adjacent to an activating group) is 1. The Morgan fingerprint density at radius 1 is 1.19 bits per heavy atom. The topological polar surface area (TPSA) is 104 Å². The van der Waals surface area contributed by atoms with E-state index in [1.54, 1.807) is 14.1 Å². The van der Waals surface area contributed by atoms with E-state index in [-0.39, 0.29) is 42.5 Å². The molecule has 2 amide bonds. The van der Waals surface area contributed by atoms with Gasteiger partial charge in [-0.15, -0.1) is 24.0 Å². The summed E-state index contributed by atoms with van der Waals surface area (Å²) in [5.41, 5.74) is 0.541. The number of alkyl carbamates (subject to hydrolysis) is 1. The zero-order valence-electron chi connectivity index (χ0n) is 19.6. The van der Waals surface area contributed by atoms with Crippen LogP contribution in [0.15, 0.2) is 29.3 Å². The number of hydrogen-bond acceptors (Lipinski definition) is 5. The van der Waals surface area contributed by atoms with Gasteiger partial charge in [-0.3, -0.25) is 4.79 Å². The molecule has 0 saturated heterocycles. The Kier molecular flexibility index (Phi) is 11.6. The van der Waals surface area contributed by atoms with Gasteiger partial charge in [-0.05, 0) is 33.3 Å². The molecule has 0 fully saturated rings. The molecular weight excluding hydrogens is 525 g/mol. The van der Waals surface area contributed by atoms with Crippen LogP contribution in [-0.4, -0.2) is 68.8 Å². The zero-order chi connectivity index (χ0) is 22.9. The minimum absolute atomic E-state index is 0. The van der Waals surface area contributed by atoms with Crippen molar-refractivity contribution in [1.82, 2.24) is 20.9 Å². The largest absolute Gasteiger partial charge is 0.493 e. The number of guanidine groups is 1. The van der Waals surface area contributed by atoms with E-state index in [1.165, 1.54) is 4.90 Å². The predicted molar refractivity (Wildman–Crippen MR) is 136 cm³/mol. The molecule has 1 aliphatic rings. The molecule has 0 saturated carbocycles. The van der Waals surface area contributed by atoms with Crippen LogP contribution in [0.3, 0.4) is 0 Å². The number of carbonyl (C=O) groups excluding carboxylic acids is 2. The summed E-state index contributed by atoms with van der Waals surface area (Å²) in [6.45, 7) is 7.17. The van der Waals surface area contributed by atoms with Gasteiger partial charge >= 0.3 is 6.09 Å². The Balaban J connectivity index is 0.00000512. The fraction of sp³-hybridized carbons (Fsp3) is 0.591. The number of aliphatic imine (C=N–C) groups is 1. The summed E-state index contributed by atoms with van der Waals surface area (Å²) in [6.07, 6.45) is 1.03. The van der Waals surface area contributed by atoms with Gasteiger partial charge in [0, 0.05) is 39.2 Å². The summed E-state index contributed by atoms with van der Waals surface area (Å²) < 4.78 is 10.9. The van der Waals surface area contributed by atoms with Crippen LogP contribution in [0, 0.1) is 0 Å². The standard InChI is InChI=1S/C22H35N5O4.HI/c1-22(2,3)31-21(29)24-13-8-12-23-20(25-15-19(28)27(4)5)26-17-11-14-30-18-10-7-6-9-16(17)18;/h6-7,9-10,17H,8,11-15H2,1-5H3,(H,24,29)(H2,23,25,26);1H. The molecule has 3 N–H and O–H groups in total. The van der Waals surface area contributed by atoms with Crippen LogP contribution in [0.4, 0.5) is 4.79 Å². The summed E-state index contributed by atoms with van der Waals surface area (Å²) in [4.78, 5) is 29.7. The average Bonchev–Trinajstić information content (AvgIpc) is 2.70. The fourth-order valence-electron chi connectivity index (χ4n) is 2.90. The van der Waals surface area contributed by atoms with Gasteiger partial charge < -0.3 is 30.3 Å². The van der Waals surface area contributed by atoms with Gasteiger partial charge in [-0.1, -0.05) is 18.2 Å². The number of ether oxygens (including phenoxy) is 2. The Morgan fingerprint density at radius 2 is 1.88 bits per heavy atom. The van der Waals surface area contributed by atoms with E-state index in [9.17, 15) is 9.59 Å². The number of halogens is 1. The first kappa shape index (κ1) is 27.8. The van der Waals surface area contributed by atoms with Crippen molar-refractivity contribution in [2.75, 3.05) is 40.3 Å². The van der Waals surface area contributed by atoms with Crippen LogP contribution >= 0.6 is 24.0 Å². The molecule has 0 aromatic heterocycles. The van der Waals surface area contributed by atoms with Gasteiger partial charge in [0.05, 0.1) is 12.6 Å². The van der Waals surface area contributed by atoms with Crippen molar-refractivity contribution in [3.63, 3.8) is 0 Å². The molecule has 10 heteroatoms. The predicted octanol–water partition coefficient (Wildman–Crippen LogP) is 2.67. The number of benzene rings is 1. The van der Waals surface area contributed by atoms with Crippen molar-refractivity contribution in [3.05, 3.63) is 29.8 Å². The fourth-order valence-corrected chi connectivity index (χ4v) is 2.90. The average molecular weight is 561 g/mol. The number of amides is 2. The minimum Gasteiger partial charge on any atom is -0.493 e. The Hall–Kier alpha value is -2.24. The van der Waals surface area contributed by atoms with E-state index in [0.29, 0.717) is 32.1 Å². The van der Waals surface area contributed by atoms with Gasteiger partial charge in [0.15, 0.2) is 5.96 Å². The van der Waals surface area contributed by atoms with E-state index in [2.05, 4.69) is 20.9 Å².